The fraction of sp³-hybridized carbons (Fsp3) is 0.462. The largest absolute Gasteiger partial charge is 0.384 e. The first-order valence-electron chi connectivity index (χ1n) is 5.84. The number of benzene rings is 1. The first-order chi connectivity index (χ1) is 8.42. The Morgan fingerprint density at radius 1 is 1.33 bits per heavy atom. The van der Waals surface area contributed by atoms with Crippen molar-refractivity contribution in [1.29, 1.82) is 5.26 Å². The minimum atomic E-state index is -2.92. The molecule has 0 saturated heterocycles. The predicted octanol–water partition coefficient (Wildman–Crippen LogP) is 1.79. The molecular formula is C13H16N2O2S. The second-order valence-corrected chi connectivity index (χ2v) is 7.25. The minimum Gasteiger partial charge on any atom is -0.384 e. The van der Waals surface area contributed by atoms with Gasteiger partial charge in [-0.25, -0.2) is 8.42 Å². The van der Waals surface area contributed by atoms with Crippen molar-refractivity contribution in [3.8, 4) is 6.07 Å². The van der Waals surface area contributed by atoms with Crippen LogP contribution in [0.25, 0.3) is 0 Å². The molecule has 2 rings (SSSR count). The van der Waals surface area contributed by atoms with Gasteiger partial charge in [0.15, 0.2) is 0 Å². The van der Waals surface area contributed by atoms with Crippen molar-refractivity contribution in [2.24, 2.45) is 5.41 Å². The number of anilines is 1. The molecule has 0 unspecified atom stereocenters. The molecule has 0 amide bonds. The minimum absolute atomic E-state index is 0.0819. The van der Waals surface area contributed by atoms with E-state index in [0.717, 1.165) is 18.5 Å². The van der Waals surface area contributed by atoms with Gasteiger partial charge in [0.05, 0.1) is 17.4 Å². The zero-order valence-electron chi connectivity index (χ0n) is 10.3. The third-order valence-corrected chi connectivity index (χ3v) is 4.34. The van der Waals surface area contributed by atoms with E-state index in [4.69, 9.17) is 5.26 Å². The highest BCUT2D eigenvalue weighted by atomic mass is 32.2. The molecule has 1 fully saturated rings. The quantitative estimate of drug-likeness (QED) is 0.880. The molecule has 0 aromatic heterocycles. The predicted molar refractivity (Wildman–Crippen MR) is 71.0 cm³/mol. The van der Waals surface area contributed by atoms with Crippen molar-refractivity contribution in [3.05, 3.63) is 29.8 Å². The highest BCUT2D eigenvalue weighted by Crippen LogP contribution is 2.46. The van der Waals surface area contributed by atoms with E-state index in [9.17, 15) is 8.42 Å². The zero-order valence-corrected chi connectivity index (χ0v) is 11.1. The fourth-order valence-corrected chi connectivity index (χ4v) is 3.56. The Morgan fingerprint density at radius 2 is 1.94 bits per heavy atom. The zero-order chi connectivity index (χ0) is 13.2. The van der Waals surface area contributed by atoms with Crippen LogP contribution in [0.3, 0.4) is 0 Å². The highest BCUT2D eigenvalue weighted by molar-refractivity contribution is 7.90. The van der Waals surface area contributed by atoms with Gasteiger partial charge in [0, 0.05) is 23.9 Å². The van der Waals surface area contributed by atoms with E-state index in [0.29, 0.717) is 12.1 Å². The Morgan fingerprint density at radius 3 is 2.39 bits per heavy atom. The summed E-state index contributed by atoms with van der Waals surface area (Å²) in [6.07, 6.45) is 3.21. The Hall–Kier alpha value is -1.54. The summed E-state index contributed by atoms with van der Waals surface area (Å²) in [7, 11) is -2.92. The van der Waals surface area contributed by atoms with Gasteiger partial charge in [-0.1, -0.05) is 0 Å². The van der Waals surface area contributed by atoms with Gasteiger partial charge < -0.3 is 5.32 Å². The molecule has 0 spiro atoms. The average Bonchev–Trinajstić information content (AvgIpc) is 3.05. The molecule has 5 heteroatoms. The first kappa shape index (κ1) is 12.9. The topological polar surface area (TPSA) is 70.0 Å². The number of sulfone groups is 1. The summed E-state index contributed by atoms with van der Waals surface area (Å²) in [5, 5.41) is 11.9. The molecule has 0 heterocycles. The van der Waals surface area contributed by atoms with Crippen LogP contribution in [0, 0.1) is 16.7 Å². The van der Waals surface area contributed by atoms with Crippen molar-refractivity contribution in [3.63, 3.8) is 0 Å². The maximum absolute atomic E-state index is 11.3. The number of hydrogen-bond donors (Lipinski definition) is 1. The van der Waals surface area contributed by atoms with Crippen LogP contribution in [-0.4, -0.2) is 27.0 Å². The van der Waals surface area contributed by atoms with Crippen molar-refractivity contribution in [1.82, 2.24) is 0 Å². The summed E-state index contributed by atoms with van der Waals surface area (Å²) in [6, 6.07) is 9.24. The summed E-state index contributed by atoms with van der Waals surface area (Å²) in [4.78, 5) is 0. The molecule has 1 aromatic rings. The van der Waals surface area contributed by atoms with Crippen LogP contribution in [0.5, 0.6) is 0 Å². The Balaban J connectivity index is 1.93. The van der Waals surface area contributed by atoms with Gasteiger partial charge in [-0.3, -0.25) is 0 Å². The average molecular weight is 264 g/mol. The SMILES string of the molecule is CS(=O)(=O)CC1(CNc2ccc(C#N)cc2)CC1. The third-order valence-electron chi connectivity index (χ3n) is 3.21. The van der Waals surface area contributed by atoms with E-state index in [1.165, 1.54) is 6.26 Å². The molecule has 18 heavy (non-hydrogen) atoms. The third kappa shape index (κ3) is 3.47. The summed E-state index contributed by atoms with van der Waals surface area (Å²) < 4.78 is 22.6. The molecule has 4 nitrogen and oxygen atoms in total. The van der Waals surface area contributed by atoms with E-state index in [1.807, 2.05) is 12.1 Å². The molecule has 0 radical (unpaired) electrons. The van der Waals surface area contributed by atoms with E-state index < -0.39 is 9.84 Å². The summed E-state index contributed by atoms with van der Waals surface area (Å²) in [5.41, 5.74) is 1.47. The molecule has 0 aliphatic heterocycles. The summed E-state index contributed by atoms with van der Waals surface area (Å²) >= 11 is 0. The Bertz CT molecular complexity index is 566. The van der Waals surface area contributed by atoms with Crippen LogP contribution in [0.15, 0.2) is 24.3 Å². The monoisotopic (exact) mass is 264 g/mol. The molecule has 1 N–H and O–H groups in total. The molecule has 1 aliphatic rings. The summed E-state index contributed by atoms with van der Waals surface area (Å²) in [6.45, 7) is 0.673. The second-order valence-electron chi connectivity index (χ2n) is 5.11. The highest BCUT2D eigenvalue weighted by Gasteiger charge is 2.44. The maximum Gasteiger partial charge on any atom is 0.148 e. The standard InChI is InChI=1S/C13H16N2O2S/c1-18(16,17)10-13(6-7-13)9-15-12-4-2-11(8-14)3-5-12/h2-5,15H,6-7,9-10H2,1H3. The number of rotatable bonds is 5. The molecule has 0 atom stereocenters. The molecule has 96 valence electrons. The van der Waals surface area contributed by atoms with E-state index in [2.05, 4.69) is 11.4 Å². The van der Waals surface area contributed by atoms with Crippen LogP contribution in [0.4, 0.5) is 5.69 Å². The number of nitriles is 1. The smallest absolute Gasteiger partial charge is 0.148 e. The van der Waals surface area contributed by atoms with Crippen LogP contribution < -0.4 is 5.32 Å². The molecule has 1 aliphatic carbocycles. The Labute approximate surface area is 108 Å². The number of hydrogen-bond acceptors (Lipinski definition) is 4. The van der Waals surface area contributed by atoms with Crippen molar-refractivity contribution >= 4 is 15.5 Å². The lowest BCUT2D eigenvalue weighted by atomic mass is 10.1. The number of nitrogens with zero attached hydrogens (tertiary/aromatic N) is 1. The van der Waals surface area contributed by atoms with Crippen LogP contribution >= 0.6 is 0 Å². The molecule has 0 bridgehead atoms. The van der Waals surface area contributed by atoms with E-state index >= 15 is 0 Å². The van der Waals surface area contributed by atoms with Crippen LogP contribution in [0.2, 0.25) is 0 Å². The summed E-state index contributed by atoms with van der Waals surface area (Å²) in [5.74, 6) is 0.253. The van der Waals surface area contributed by atoms with Gasteiger partial charge >= 0.3 is 0 Å². The Kier molecular flexibility index (Phi) is 3.31. The lowest BCUT2D eigenvalue weighted by molar-refractivity contribution is 0.561. The van der Waals surface area contributed by atoms with Gasteiger partial charge in [0.1, 0.15) is 9.84 Å². The maximum atomic E-state index is 11.3. The molecule has 1 saturated carbocycles. The molecule has 1 aromatic carbocycles. The van der Waals surface area contributed by atoms with Gasteiger partial charge in [0.25, 0.3) is 0 Å². The molecular weight excluding hydrogens is 248 g/mol. The van der Waals surface area contributed by atoms with Crippen LogP contribution in [0.1, 0.15) is 18.4 Å². The van der Waals surface area contributed by atoms with Crippen molar-refractivity contribution < 1.29 is 8.42 Å². The first-order valence-corrected chi connectivity index (χ1v) is 7.90. The number of nitrogens with one attached hydrogen (secondary N) is 1. The van der Waals surface area contributed by atoms with Gasteiger partial charge in [-0.2, -0.15) is 5.26 Å². The normalized spacial score (nSPS) is 16.9. The van der Waals surface area contributed by atoms with Crippen LogP contribution in [-0.2, 0) is 9.84 Å². The van der Waals surface area contributed by atoms with Gasteiger partial charge in [0.2, 0.25) is 0 Å². The van der Waals surface area contributed by atoms with Crippen molar-refractivity contribution in [2.45, 2.75) is 12.8 Å². The van der Waals surface area contributed by atoms with Gasteiger partial charge in [-0.15, -0.1) is 0 Å². The van der Waals surface area contributed by atoms with E-state index in [1.54, 1.807) is 12.1 Å². The van der Waals surface area contributed by atoms with E-state index in [-0.39, 0.29) is 11.2 Å². The van der Waals surface area contributed by atoms with Gasteiger partial charge in [-0.05, 0) is 37.1 Å². The van der Waals surface area contributed by atoms with Crippen molar-refractivity contribution in [2.75, 3.05) is 23.9 Å². The second kappa shape index (κ2) is 4.62. The fourth-order valence-electron chi connectivity index (χ4n) is 2.06. The lowest BCUT2D eigenvalue weighted by Gasteiger charge is -2.15. The lowest BCUT2D eigenvalue weighted by Crippen LogP contribution is -2.24.